The van der Waals surface area contributed by atoms with Gasteiger partial charge < -0.3 is 33.5 Å². The van der Waals surface area contributed by atoms with Crippen molar-refractivity contribution in [2.45, 2.75) is 9.79 Å². The molecule has 0 spiro atoms. The highest BCUT2D eigenvalue weighted by Crippen LogP contribution is 2.42. The Morgan fingerprint density at radius 2 is 0.969 bits per heavy atom. The molecule has 0 atom stereocenters. The Bertz CT molecular complexity index is 2740. The molecule has 0 unspecified atom stereocenters. The van der Waals surface area contributed by atoms with Crippen molar-refractivity contribution in [1.29, 1.82) is 0 Å². The first-order chi connectivity index (χ1) is 30.8. The fourth-order valence-electron chi connectivity index (χ4n) is 7.00. The Hall–Kier alpha value is -5.22. The van der Waals surface area contributed by atoms with E-state index in [1.807, 2.05) is 27.8 Å². The highest BCUT2D eigenvalue weighted by atomic mass is 35.5. The van der Waals surface area contributed by atoms with Crippen molar-refractivity contribution >= 4 is 64.6 Å². The van der Waals surface area contributed by atoms with Crippen LogP contribution in [0.5, 0.6) is 28.7 Å². The second kappa shape index (κ2) is 20.3. The third-order valence-electron chi connectivity index (χ3n) is 10.6. The molecule has 8 rings (SSSR count). The summed E-state index contributed by atoms with van der Waals surface area (Å²) in [5.41, 5.74) is 2.95. The van der Waals surface area contributed by atoms with Gasteiger partial charge in [-0.15, -0.1) is 22.7 Å². The second-order valence-corrected chi connectivity index (χ2v) is 20.2. The number of halogens is 2. The molecule has 2 aliphatic rings. The minimum absolute atomic E-state index is 0.0726. The number of sulfonamides is 2. The van der Waals surface area contributed by atoms with E-state index in [4.69, 9.17) is 40.3 Å². The van der Waals surface area contributed by atoms with Crippen molar-refractivity contribution < 1.29 is 44.9 Å². The van der Waals surface area contributed by atoms with E-state index in [0.717, 1.165) is 21.5 Å². The molecule has 2 fully saturated rings. The number of rotatable bonds is 13. The molecular weight excluding hydrogens is 927 g/mol. The molecule has 4 heterocycles. The molecule has 0 aliphatic carbocycles. The molecule has 21 heteroatoms. The monoisotopic (exact) mass is 972 g/mol. The number of thiazole rings is 2. The summed E-state index contributed by atoms with van der Waals surface area (Å²) in [6, 6.07) is 21.2. The van der Waals surface area contributed by atoms with Gasteiger partial charge in [-0.25, -0.2) is 31.2 Å². The van der Waals surface area contributed by atoms with E-state index in [0.29, 0.717) is 92.4 Å². The number of nitrogens with zero attached hydrogens (tertiary/aromatic N) is 6. The maximum atomic E-state index is 13.7. The molecule has 2 saturated heterocycles. The SMILES string of the molecule is COc1ccc(S(=O)(=O)N2CCN(c3nc(-c4cc(OC)c(OC)c(OC)c4)cs3)CC2)cc1.COc1ccc(S(=O)(=O)N2CCN(c3nc(-c4ccc(Cl)c(F)c4)cs3)CC2)cc1. The molecule has 0 saturated carbocycles. The first kappa shape index (κ1) is 46.8. The summed E-state index contributed by atoms with van der Waals surface area (Å²) in [4.78, 5) is 14.0. The molecule has 64 heavy (non-hydrogen) atoms. The maximum Gasteiger partial charge on any atom is 0.243 e. The quantitative estimate of drug-likeness (QED) is 0.113. The first-order valence-corrected chi connectivity index (χ1v) is 24.8. The van der Waals surface area contributed by atoms with Gasteiger partial charge in [-0.05, 0) is 72.8 Å². The van der Waals surface area contributed by atoms with E-state index in [1.54, 1.807) is 83.0 Å². The Morgan fingerprint density at radius 3 is 1.34 bits per heavy atom. The summed E-state index contributed by atoms with van der Waals surface area (Å²) in [6.07, 6.45) is 0. The molecule has 0 bridgehead atoms. The average molecular weight is 974 g/mol. The lowest BCUT2D eigenvalue weighted by molar-refractivity contribution is 0.324. The standard InChI is InChI=1S/C23H27N3O6S2.C20H19ClFN3O3S2/c1-29-17-5-7-18(8-6-17)34(27,28)26-11-9-25(10-12-26)23-24-19(15-33-23)16-13-20(30-2)22(32-4)21(14-16)31-3;1-28-15-3-5-16(6-4-15)30(26,27)25-10-8-24(9-11-25)20-23-19(13-29-20)14-2-7-17(21)18(22)12-14/h5-8,13-15H,9-12H2,1-4H3;2-7,12-13H,8-11H2,1H3. The van der Waals surface area contributed by atoms with Crippen LogP contribution in [0.1, 0.15) is 0 Å². The van der Waals surface area contributed by atoms with Gasteiger partial charge in [-0.3, -0.25) is 0 Å². The van der Waals surface area contributed by atoms with Crippen LogP contribution in [0.15, 0.2) is 99.4 Å². The van der Waals surface area contributed by atoms with Gasteiger partial charge in [0.2, 0.25) is 25.8 Å². The molecular formula is C43H46ClFN6O9S4. The maximum absolute atomic E-state index is 13.7. The van der Waals surface area contributed by atoms with Gasteiger partial charge in [0.15, 0.2) is 21.8 Å². The second-order valence-electron chi connectivity index (χ2n) is 14.2. The number of ether oxygens (including phenoxy) is 5. The average Bonchev–Trinajstić information content (AvgIpc) is 4.04. The van der Waals surface area contributed by atoms with Crippen molar-refractivity contribution in [2.75, 3.05) is 97.7 Å². The molecule has 6 aromatic rings. The highest BCUT2D eigenvalue weighted by Gasteiger charge is 2.31. The van der Waals surface area contributed by atoms with Crippen LogP contribution < -0.4 is 33.5 Å². The van der Waals surface area contributed by atoms with Crippen LogP contribution in [-0.4, -0.2) is 123 Å². The van der Waals surface area contributed by atoms with E-state index in [2.05, 4.69) is 9.88 Å². The lowest BCUT2D eigenvalue weighted by Crippen LogP contribution is -2.48. The predicted molar refractivity (Wildman–Crippen MR) is 248 cm³/mol. The van der Waals surface area contributed by atoms with E-state index in [-0.39, 0.29) is 14.8 Å². The fourth-order valence-corrected chi connectivity index (χ4v) is 11.7. The predicted octanol–water partition coefficient (Wildman–Crippen LogP) is 7.48. The lowest BCUT2D eigenvalue weighted by Gasteiger charge is -2.33. The zero-order chi connectivity index (χ0) is 45.6. The van der Waals surface area contributed by atoms with Gasteiger partial charge in [0.05, 0.1) is 61.8 Å². The topological polar surface area (TPSA) is 153 Å². The summed E-state index contributed by atoms with van der Waals surface area (Å²) in [6.45, 7) is 3.64. The van der Waals surface area contributed by atoms with Crippen molar-refractivity contribution in [3.63, 3.8) is 0 Å². The number of benzene rings is 4. The lowest BCUT2D eigenvalue weighted by atomic mass is 10.1. The zero-order valence-corrected chi connectivity index (χ0v) is 39.6. The van der Waals surface area contributed by atoms with Gasteiger partial charge in [0, 0.05) is 74.2 Å². The van der Waals surface area contributed by atoms with E-state index < -0.39 is 25.9 Å². The third kappa shape index (κ3) is 10.2. The van der Waals surface area contributed by atoms with Crippen molar-refractivity contribution in [3.8, 4) is 51.3 Å². The van der Waals surface area contributed by atoms with Gasteiger partial charge >= 0.3 is 0 Å². The van der Waals surface area contributed by atoms with Gasteiger partial charge in [0.1, 0.15) is 17.3 Å². The third-order valence-corrected chi connectivity index (χ3v) is 16.5. The summed E-state index contributed by atoms with van der Waals surface area (Å²) in [5.74, 6) is 2.39. The van der Waals surface area contributed by atoms with Crippen molar-refractivity contribution in [1.82, 2.24) is 18.6 Å². The van der Waals surface area contributed by atoms with Crippen LogP contribution in [0.2, 0.25) is 5.02 Å². The van der Waals surface area contributed by atoms with E-state index in [9.17, 15) is 21.2 Å². The van der Waals surface area contributed by atoms with Gasteiger partial charge in [0.25, 0.3) is 0 Å². The van der Waals surface area contributed by atoms with Crippen LogP contribution in [-0.2, 0) is 20.0 Å². The first-order valence-electron chi connectivity index (χ1n) is 19.7. The molecule has 0 amide bonds. The Kier molecular flexibility index (Phi) is 14.8. The van der Waals surface area contributed by atoms with Crippen LogP contribution in [0.25, 0.3) is 22.5 Å². The number of anilines is 2. The Labute approximate surface area is 385 Å². The molecule has 2 aliphatic heterocycles. The fraction of sp³-hybridized carbons (Fsp3) is 0.302. The number of aromatic nitrogens is 2. The van der Waals surface area contributed by atoms with Crippen LogP contribution >= 0.6 is 34.3 Å². The summed E-state index contributed by atoms with van der Waals surface area (Å²) in [7, 11) is 0.688. The van der Waals surface area contributed by atoms with Gasteiger partial charge in [-0.2, -0.15) is 8.61 Å². The van der Waals surface area contributed by atoms with Crippen molar-refractivity contribution in [3.05, 3.63) is 100 Å². The van der Waals surface area contributed by atoms with E-state index >= 15 is 0 Å². The van der Waals surface area contributed by atoms with Crippen LogP contribution in [0.3, 0.4) is 0 Å². The minimum atomic E-state index is -3.56. The normalized spacial score (nSPS) is 15.0. The minimum Gasteiger partial charge on any atom is -0.497 e. The van der Waals surface area contributed by atoms with Crippen molar-refractivity contribution in [2.24, 2.45) is 0 Å². The number of piperazine rings is 2. The Balaban J connectivity index is 0.000000193. The Morgan fingerprint density at radius 1 is 0.547 bits per heavy atom. The summed E-state index contributed by atoms with van der Waals surface area (Å²) in [5, 5.41) is 5.52. The molecule has 0 radical (unpaired) electrons. The number of hydrogen-bond donors (Lipinski definition) is 0. The smallest absolute Gasteiger partial charge is 0.243 e. The van der Waals surface area contributed by atoms with Crippen LogP contribution in [0, 0.1) is 5.82 Å². The van der Waals surface area contributed by atoms with Gasteiger partial charge in [-0.1, -0.05) is 17.7 Å². The number of methoxy groups -OCH3 is 5. The summed E-state index contributed by atoms with van der Waals surface area (Å²) < 4.78 is 95.0. The van der Waals surface area contributed by atoms with Crippen LogP contribution in [0.4, 0.5) is 14.7 Å². The molecule has 0 N–H and O–H groups in total. The highest BCUT2D eigenvalue weighted by molar-refractivity contribution is 7.89. The molecule has 15 nitrogen and oxygen atoms in total. The molecule has 4 aromatic carbocycles. The number of hydrogen-bond acceptors (Lipinski definition) is 15. The molecule has 340 valence electrons. The summed E-state index contributed by atoms with van der Waals surface area (Å²) >= 11 is 8.71. The van der Waals surface area contributed by atoms with E-state index in [1.165, 1.54) is 50.5 Å². The largest absolute Gasteiger partial charge is 0.497 e. The zero-order valence-electron chi connectivity index (χ0n) is 35.6. The molecule has 2 aromatic heterocycles.